The second kappa shape index (κ2) is 7.06. The molecule has 0 aliphatic carbocycles. The van der Waals surface area contributed by atoms with E-state index >= 15 is 0 Å². The molecule has 1 N–H and O–H groups in total. The Bertz CT molecular complexity index is 906. The van der Waals surface area contributed by atoms with Crippen LogP contribution in [0.2, 0.25) is 0 Å². The first-order valence-electron chi connectivity index (χ1n) is 9.79. The van der Waals surface area contributed by atoms with Gasteiger partial charge in [0.2, 0.25) is 5.91 Å². The fourth-order valence-electron chi connectivity index (χ4n) is 4.12. The number of nitrogens with zero attached hydrogens (tertiary/aromatic N) is 1. The van der Waals surface area contributed by atoms with Crippen LogP contribution in [0.25, 0.3) is 0 Å². The number of benzene rings is 2. The number of ether oxygens (including phenoxy) is 1. The molecular formula is C23H25NO4. The van der Waals surface area contributed by atoms with Gasteiger partial charge in [-0.05, 0) is 44.9 Å². The third kappa shape index (κ3) is 3.20. The van der Waals surface area contributed by atoms with Crippen LogP contribution in [-0.4, -0.2) is 39.9 Å². The zero-order valence-electron chi connectivity index (χ0n) is 16.2. The van der Waals surface area contributed by atoms with E-state index in [4.69, 9.17) is 4.74 Å². The molecule has 2 heterocycles. The molecule has 0 bridgehead atoms. The van der Waals surface area contributed by atoms with Gasteiger partial charge in [-0.15, -0.1) is 0 Å². The Morgan fingerprint density at radius 2 is 1.86 bits per heavy atom. The minimum atomic E-state index is -0.885. The first-order valence-corrected chi connectivity index (χ1v) is 9.79. The maximum atomic E-state index is 12.9. The van der Waals surface area contributed by atoms with Gasteiger partial charge in [0.05, 0.1) is 6.04 Å². The maximum Gasteiger partial charge on any atom is 0.223 e. The van der Waals surface area contributed by atoms with Crippen LogP contribution in [0.5, 0.6) is 5.75 Å². The molecule has 5 nitrogen and oxygen atoms in total. The molecule has 1 fully saturated rings. The van der Waals surface area contributed by atoms with E-state index in [-0.39, 0.29) is 11.7 Å². The van der Waals surface area contributed by atoms with Gasteiger partial charge >= 0.3 is 0 Å². The lowest BCUT2D eigenvalue weighted by atomic mass is 9.83. The van der Waals surface area contributed by atoms with E-state index in [0.717, 1.165) is 12.8 Å². The summed E-state index contributed by atoms with van der Waals surface area (Å²) in [5.41, 5.74) is 0.991. The van der Waals surface area contributed by atoms with Crippen molar-refractivity contribution in [3.05, 3.63) is 65.2 Å². The molecule has 0 unspecified atom stereocenters. The van der Waals surface area contributed by atoms with Crippen molar-refractivity contribution in [1.29, 1.82) is 0 Å². The van der Waals surface area contributed by atoms with Crippen molar-refractivity contribution in [3.8, 4) is 5.75 Å². The van der Waals surface area contributed by atoms with E-state index in [1.54, 1.807) is 35.2 Å². The molecule has 5 heteroatoms. The van der Waals surface area contributed by atoms with Crippen molar-refractivity contribution in [3.63, 3.8) is 0 Å². The largest absolute Gasteiger partial charge is 0.485 e. The van der Waals surface area contributed by atoms with E-state index in [9.17, 15) is 14.7 Å². The van der Waals surface area contributed by atoms with Gasteiger partial charge in [0.15, 0.2) is 5.78 Å². The second-order valence-corrected chi connectivity index (χ2v) is 8.09. The third-order valence-electron chi connectivity index (χ3n) is 5.71. The van der Waals surface area contributed by atoms with Crippen molar-refractivity contribution in [1.82, 2.24) is 4.90 Å². The lowest BCUT2D eigenvalue weighted by molar-refractivity contribution is -0.147. The van der Waals surface area contributed by atoms with Gasteiger partial charge in [-0.1, -0.05) is 30.3 Å². The van der Waals surface area contributed by atoms with Gasteiger partial charge in [0, 0.05) is 29.7 Å². The molecular weight excluding hydrogens is 354 g/mol. The number of hydrogen-bond donors (Lipinski definition) is 1. The van der Waals surface area contributed by atoms with Crippen LogP contribution < -0.4 is 4.74 Å². The summed E-state index contributed by atoms with van der Waals surface area (Å²) in [4.78, 5) is 27.3. The minimum absolute atomic E-state index is 0.0405. The molecule has 4 rings (SSSR count). The number of ketones is 1. The van der Waals surface area contributed by atoms with Crippen LogP contribution in [-0.2, 0) is 4.79 Å². The molecule has 2 atom stereocenters. The monoisotopic (exact) mass is 379 g/mol. The highest BCUT2D eigenvalue weighted by Crippen LogP contribution is 2.44. The molecule has 2 aliphatic heterocycles. The zero-order valence-corrected chi connectivity index (χ0v) is 16.2. The summed E-state index contributed by atoms with van der Waals surface area (Å²) in [7, 11) is 0. The highest BCUT2D eigenvalue weighted by molar-refractivity contribution is 6.09. The van der Waals surface area contributed by atoms with E-state index in [2.05, 4.69) is 0 Å². The van der Waals surface area contributed by atoms with Crippen LogP contribution in [0.1, 0.15) is 60.6 Å². The van der Waals surface area contributed by atoms with Crippen LogP contribution in [0, 0.1) is 0 Å². The number of hydrogen-bond acceptors (Lipinski definition) is 4. The molecule has 146 valence electrons. The van der Waals surface area contributed by atoms with Gasteiger partial charge in [0.25, 0.3) is 0 Å². The number of fused-ring (bicyclic) bond motifs is 1. The van der Waals surface area contributed by atoms with Crippen molar-refractivity contribution in [2.75, 3.05) is 6.54 Å². The summed E-state index contributed by atoms with van der Waals surface area (Å²) in [5, 5.41) is 11.1. The normalized spacial score (nSPS) is 23.7. The molecule has 2 aromatic rings. The lowest BCUT2D eigenvalue weighted by Crippen LogP contribution is -2.55. The van der Waals surface area contributed by atoms with Crippen molar-refractivity contribution in [2.45, 2.75) is 50.9 Å². The highest BCUT2D eigenvalue weighted by Gasteiger charge is 2.47. The average molecular weight is 379 g/mol. The molecule has 0 saturated carbocycles. The van der Waals surface area contributed by atoms with E-state index in [1.807, 2.05) is 32.0 Å². The lowest BCUT2D eigenvalue weighted by Gasteiger charge is -2.47. The van der Waals surface area contributed by atoms with Crippen LogP contribution in [0.15, 0.2) is 48.5 Å². The zero-order chi connectivity index (χ0) is 19.9. The number of amides is 1. The molecule has 0 radical (unpaired) electrons. The molecule has 1 saturated heterocycles. The molecule has 0 aromatic heterocycles. The number of rotatable bonds is 3. The van der Waals surface area contributed by atoms with E-state index in [1.165, 1.54) is 0 Å². The average Bonchev–Trinajstić information content (AvgIpc) is 2.70. The first-order chi connectivity index (χ1) is 13.4. The summed E-state index contributed by atoms with van der Waals surface area (Å²) in [5.74, 6) is 0.563. The summed E-state index contributed by atoms with van der Waals surface area (Å²) in [6.07, 6.45) is 1.39. The number of aliphatic hydroxyl groups is 1. The summed E-state index contributed by atoms with van der Waals surface area (Å²) in [6, 6.07) is 13.9. The van der Waals surface area contributed by atoms with Gasteiger partial charge < -0.3 is 14.7 Å². The predicted octanol–water partition coefficient (Wildman–Crippen LogP) is 3.50. The number of piperidine rings is 1. The Kier molecular flexibility index (Phi) is 4.71. The number of likely N-dealkylation sites (tertiary alicyclic amines) is 1. The second-order valence-electron chi connectivity index (χ2n) is 8.09. The quantitative estimate of drug-likeness (QED) is 0.829. The predicted molar refractivity (Wildman–Crippen MR) is 105 cm³/mol. The van der Waals surface area contributed by atoms with Crippen molar-refractivity contribution < 1.29 is 19.4 Å². The van der Waals surface area contributed by atoms with Crippen LogP contribution >= 0.6 is 0 Å². The van der Waals surface area contributed by atoms with Gasteiger partial charge in [-0.3, -0.25) is 9.59 Å². The molecule has 28 heavy (non-hydrogen) atoms. The Morgan fingerprint density at radius 3 is 2.57 bits per heavy atom. The number of aliphatic hydroxyl groups excluding tert-OH is 1. The fraction of sp³-hybridized carbons (Fsp3) is 0.391. The topological polar surface area (TPSA) is 66.8 Å². The highest BCUT2D eigenvalue weighted by atomic mass is 16.5. The third-order valence-corrected chi connectivity index (χ3v) is 5.71. The Balaban J connectivity index is 1.78. The summed E-state index contributed by atoms with van der Waals surface area (Å²) >= 11 is 0. The SMILES string of the molecule is CC1(C)Oc2ccc(C(=O)c3ccccc3)cc2[C@H](N2CCCCC2=O)[C@H]1O. The Morgan fingerprint density at radius 1 is 1.11 bits per heavy atom. The molecule has 2 aromatic carbocycles. The van der Waals surface area contributed by atoms with E-state index in [0.29, 0.717) is 35.4 Å². The summed E-state index contributed by atoms with van der Waals surface area (Å²) in [6.45, 7) is 4.25. The van der Waals surface area contributed by atoms with Crippen molar-refractivity contribution in [2.24, 2.45) is 0 Å². The number of carbonyl (C=O) groups excluding carboxylic acids is 2. The minimum Gasteiger partial charge on any atom is -0.485 e. The Hall–Kier alpha value is -2.66. The van der Waals surface area contributed by atoms with Gasteiger partial charge in [0.1, 0.15) is 17.5 Å². The molecule has 2 aliphatic rings. The van der Waals surface area contributed by atoms with Crippen molar-refractivity contribution >= 4 is 11.7 Å². The maximum absolute atomic E-state index is 12.9. The van der Waals surface area contributed by atoms with Gasteiger partial charge in [-0.2, -0.15) is 0 Å². The summed E-state index contributed by atoms with van der Waals surface area (Å²) < 4.78 is 6.03. The molecule has 0 spiro atoms. The first kappa shape index (κ1) is 18.7. The Labute approximate surface area is 164 Å². The van der Waals surface area contributed by atoms with Crippen LogP contribution in [0.3, 0.4) is 0 Å². The van der Waals surface area contributed by atoms with E-state index < -0.39 is 17.7 Å². The molecule has 1 amide bonds. The fourth-order valence-corrected chi connectivity index (χ4v) is 4.12. The number of carbonyl (C=O) groups is 2. The van der Waals surface area contributed by atoms with Gasteiger partial charge in [-0.25, -0.2) is 0 Å². The van der Waals surface area contributed by atoms with Crippen LogP contribution in [0.4, 0.5) is 0 Å². The smallest absolute Gasteiger partial charge is 0.223 e. The standard InChI is InChI=1S/C23H25NO4/c1-23(2)22(27)20(24-13-7-6-10-19(24)25)17-14-16(11-12-18(17)28-23)21(26)15-8-4-3-5-9-15/h3-5,8-9,11-12,14,20,22,27H,6-7,10,13H2,1-2H3/t20-,22+/m0/s1.